The van der Waals surface area contributed by atoms with Gasteiger partial charge in [0.15, 0.2) is 0 Å². The van der Waals surface area contributed by atoms with E-state index in [0.717, 1.165) is 32.4 Å². The number of likely N-dealkylation sites (N-methyl/N-ethyl adjacent to an activating group) is 1. The van der Waals surface area contributed by atoms with Gasteiger partial charge >= 0.3 is 0 Å². The molecule has 24 heavy (non-hydrogen) atoms. The van der Waals surface area contributed by atoms with E-state index in [1.165, 1.54) is 0 Å². The molecule has 0 bridgehead atoms. The SMILES string of the molecule is CC(N)C1CCCCN1C(=O)C1CC(=O)N(CCN(C)C)C1.Cl.Cl. The van der Waals surface area contributed by atoms with Gasteiger partial charge in [0.05, 0.1) is 5.92 Å². The first-order valence-electron chi connectivity index (χ1n) is 8.38. The van der Waals surface area contributed by atoms with Gasteiger partial charge in [0.1, 0.15) is 0 Å². The number of amides is 2. The molecule has 3 atom stereocenters. The predicted molar refractivity (Wildman–Crippen MR) is 101 cm³/mol. The van der Waals surface area contributed by atoms with Crippen LogP contribution in [0, 0.1) is 5.92 Å². The van der Waals surface area contributed by atoms with Crippen molar-refractivity contribution in [1.82, 2.24) is 14.7 Å². The van der Waals surface area contributed by atoms with E-state index < -0.39 is 0 Å². The van der Waals surface area contributed by atoms with E-state index in [9.17, 15) is 9.59 Å². The molecule has 6 nitrogen and oxygen atoms in total. The van der Waals surface area contributed by atoms with E-state index in [-0.39, 0.29) is 54.6 Å². The zero-order valence-corrected chi connectivity index (χ0v) is 16.6. The van der Waals surface area contributed by atoms with Crippen LogP contribution in [0.15, 0.2) is 0 Å². The van der Waals surface area contributed by atoms with Crippen molar-refractivity contribution in [2.45, 2.75) is 44.7 Å². The second-order valence-electron chi connectivity index (χ2n) is 7.00. The van der Waals surface area contributed by atoms with Crippen molar-refractivity contribution in [3.63, 3.8) is 0 Å². The Morgan fingerprint density at radius 3 is 2.58 bits per heavy atom. The van der Waals surface area contributed by atoms with Crippen LogP contribution in [0.1, 0.15) is 32.6 Å². The number of carbonyl (C=O) groups excluding carboxylic acids is 2. The predicted octanol–water partition coefficient (Wildman–Crippen LogP) is 0.968. The lowest BCUT2D eigenvalue weighted by molar-refractivity contribution is -0.139. The highest BCUT2D eigenvalue weighted by molar-refractivity contribution is 5.89. The van der Waals surface area contributed by atoms with Crippen molar-refractivity contribution in [3.05, 3.63) is 0 Å². The summed E-state index contributed by atoms with van der Waals surface area (Å²) in [7, 11) is 3.98. The third-order valence-corrected chi connectivity index (χ3v) is 4.82. The first kappa shape index (κ1) is 23.4. The Bertz CT molecular complexity index is 421. The van der Waals surface area contributed by atoms with Crippen molar-refractivity contribution in [2.24, 2.45) is 11.7 Å². The molecule has 2 N–H and O–H groups in total. The van der Waals surface area contributed by atoms with E-state index in [2.05, 4.69) is 4.90 Å². The molecule has 2 rings (SSSR count). The van der Waals surface area contributed by atoms with Gasteiger partial charge in [-0.15, -0.1) is 24.8 Å². The van der Waals surface area contributed by atoms with Crippen LogP contribution < -0.4 is 5.73 Å². The number of rotatable bonds is 5. The monoisotopic (exact) mass is 382 g/mol. The smallest absolute Gasteiger partial charge is 0.228 e. The van der Waals surface area contributed by atoms with Crippen molar-refractivity contribution in [2.75, 3.05) is 40.3 Å². The topological polar surface area (TPSA) is 69.9 Å². The van der Waals surface area contributed by atoms with Crippen LogP contribution in [0.4, 0.5) is 0 Å². The summed E-state index contributed by atoms with van der Waals surface area (Å²) in [6.45, 7) is 4.85. The molecule has 2 fully saturated rings. The molecule has 3 unspecified atom stereocenters. The summed E-state index contributed by atoms with van der Waals surface area (Å²) >= 11 is 0. The summed E-state index contributed by atoms with van der Waals surface area (Å²) < 4.78 is 0. The first-order chi connectivity index (χ1) is 10.4. The van der Waals surface area contributed by atoms with Gasteiger partial charge in [0.2, 0.25) is 11.8 Å². The quantitative estimate of drug-likeness (QED) is 0.768. The Hall–Kier alpha value is -0.560. The Labute approximate surface area is 157 Å². The Morgan fingerprint density at radius 2 is 2.00 bits per heavy atom. The normalized spacial score (nSPS) is 25.3. The molecule has 8 heteroatoms. The van der Waals surface area contributed by atoms with Gasteiger partial charge in [0.25, 0.3) is 0 Å². The molecule has 2 aliphatic rings. The Balaban J connectivity index is 0.00000264. The van der Waals surface area contributed by atoms with Gasteiger partial charge in [-0.3, -0.25) is 9.59 Å². The van der Waals surface area contributed by atoms with Gasteiger partial charge in [-0.25, -0.2) is 0 Å². The van der Waals surface area contributed by atoms with Crippen molar-refractivity contribution >= 4 is 36.6 Å². The molecular weight excluding hydrogens is 351 g/mol. The Kier molecular flexibility index (Phi) is 10.2. The van der Waals surface area contributed by atoms with Crippen LogP contribution in [-0.4, -0.2) is 78.9 Å². The summed E-state index contributed by atoms with van der Waals surface area (Å²) in [6, 6.07) is 0.123. The number of piperidine rings is 1. The maximum atomic E-state index is 12.8. The van der Waals surface area contributed by atoms with Crippen molar-refractivity contribution in [3.8, 4) is 0 Å². The largest absolute Gasteiger partial charge is 0.341 e. The molecule has 0 aromatic heterocycles. The molecule has 142 valence electrons. The number of carbonyl (C=O) groups is 2. The lowest BCUT2D eigenvalue weighted by Gasteiger charge is -2.39. The lowest BCUT2D eigenvalue weighted by Crippen LogP contribution is -2.53. The average Bonchev–Trinajstić information content (AvgIpc) is 2.85. The zero-order valence-electron chi connectivity index (χ0n) is 14.9. The van der Waals surface area contributed by atoms with Crippen molar-refractivity contribution < 1.29 is 9.59 Å². The number of nitrogens with two attached hydrogens (primary N) is 1. The molecule has 0 radical (unpaired) electrons. The zero-order chi connectivity index (χ0) is 16.3. The fraction of sp³-hybridized carbons (Fsp3) is 0.875. The van der Waals surface area contributed by atoms with E-state index in [1.807, 2.05) is 30.8 Å². The Morgan fingerprint density at radius 1 is 1.33 bits per heavy atom. The van der Waals surface area contributed by atoms with Crippen LogP contribution in [0.3, 0.4) is 0 Å². The van der Waals surface area contributed by atoms with E-state index in [0.29, 0.717) is 19.5 Å². The molecule has 2 heterocycles. The molecule has 2 saturated heterocycles. The highest BCUT2D eigenvalue weighted by Gasteiger charge is 2.39. The maximum Gasteiger partial charge on any atom is 0.228 e. The summed E-state index contributed by atoms with van der Waals surface area (Å²) in [4.78, 5) is 30.8. The number of nitrogens with zero attached hydrogens (tertiary/aromatic N) is 3. The summed E-state index contributed by atoms with van der Waals surface area (Å²) in [5.74, 6) is 0.0475. The summed E-state index contributed by atoms with van der Waals surface area (Å²) in [6.07, 6.45) is 3.51. The van der Waals surface area contributed by atoms with Crippen LogP contribution in [0.5, 0.6) is 0 Å². The highest BCUT2D eigenvalue weighted by atomic mass is 35.5. The van der Waals surface area contributed by atoms with E-state index in [1.54, 1.807) is 0 Å². The minimum atomic E-state index is -0.186. The number of hydrogen-bond donors (Lipinski definition) is 1. The summed E-state index contributed by atoms with van der Waals surface area (Å²) in [5.41, 5.74) is 6.05. The third-order valence-electron chi connectivity index (χ3n) is 4.82. The minimum absolute atomic E-state index is 0. The fourth-order valence-electron chi connectivity index (χ4n) is 3.49. The molecule has 2 amide bonds. The lowest BCUT2D eigenvalue weighted by atomic mass is 9.94. The average molecular weight is 383 g/mol. The van der Waals surface area contributed by atoms with E-state index in [4.69, 9.17) is 5.73 Å². The maximum absolute atomic E-state index is 12.8. The third kappa shape index (κ3) is 5.76. The van der Waals surface area contributed by atoms with Gasteiger partial charge in [-0.05, 0) is 40.3 Å². The van der Waals surface area contributed by atoms with Gasteiger partial charge in [-0.2, -0.15) is 0 Å². The fourth-order valence-corrected chi connectivity index (χ4v) is 3.49. The summed E-state index contributed by atoms with van der Waals surface area (Å²) in [5, 5.41) is 0. The second-order valence-corrected chi connectivity index (χ2v) is 7.00. The van der Waals surface area contributed by atoms with Crippen LogP contribution in [-0.2, 0) is 9.59 Å². The number of likely N-dealkylation sites (tertiary alicyclic amines) is 2. The van der Waals surface area contributed by atoms with E-state index >= 15 is 0 Å². The molecule has 2 aliphatic heterocycles. The molecule has 0 spiro atoms. The van der Waals surface area contributed by atoms with Crippen molar-refractivity contribution in [1.29, 1.82) is 0 Å². The molecular formula is C16H32Cl2N4O2. The van der Waals surface area contributed by atoms with Gasteiger partial charge in [-0.1, -0.05) is 0 Å². The molecule has 0 saturated carbocycles. The van der Waals surface area contributed by atoms with Gasteiger partial charge < -0.3 is 20.4 Å². The first-order valence-corrected chi connectivity index (χ1v) is 8.38. The van der Waals surface area contributed by atoms with Crippen LogP contribution in [0.2, 0.25) is 0 Å². The number of hydrogen-bond acceptors (Lipinski definition) is 4. The standard InChI is InChI=1S/C16H30N4O2.2ClH/c1-12(17)14-6-4-5-7-20(14)16(22)13-10-15(21)19(11-13)9-8-18(2)3;;/h12-14H,4-11,17H2,1-3H3;2*1H. The van der Waals surface area contributed by atoms with Gasteiger partial charge in [0, 0.05) is 44.7 Å². The molecule has 0 aliphatic carbocycles. The molecule has 0 aromatic rings. The highest BCUT2D eigenvalue weighted by Crippen LogP contribution is 2.25. The van der Waals surface area contributed by atoms with Crippen LogP contribution in [0.25, 0.3) is 0 Å². The molecule has 0 aromatic carbocycles. The van der Waals surface area contributed by atoms with Crippen LogP contribution >= 0.6 is 24.8 Å². The number of halogens is 2. The second kappa shape index (κ2) is 10.4. The minimum Gasteiger partial charge on any atom is -0.341 e.